The summed E-state index contributed by atoms with van der Waals surface area (Å²) in [5, 5.41) is 10.3. The molecule has 1 N–H and O–H groups in total. The molecule has 0 saturated carbocycles. The van der Waals surface area contributed by atoms with Crippen molar-refractivity contribution in [1.29, 1.82) is 0 Å². The zero-order valence-corrected chi connectivity index (χ0v) is 14.0. The molecule has 1 heterocycles. The second kappa shape index (κ2) is 6.18. The van der Waals surface area contributed by atoms with Crippen LogP contribution in [0, 0.1) is 5.41 Å². The van der Waals surface area contributed by atoms with Gasteiger partial charge in [0, 0.05) is 13.1 Å². The molecule has 0 aliphatic heterocycles. The van der Waals surface area contributed by atoms with E-state index in [0.29, 0.717) is 23.3 Å². The summed E-state index contributed by atoms with van der Waals surface area (Å²) in [6.45, 7) is 6.87. The van der Waals surface area contributed by atoms with Gasteiger partial charge in [-0.1, -0.05) is 32.9 Å². The Balaban J connectivity index is 2.40. The van der Waals surface area contributed by atoms with Crippen LogP contribution >= 0.6 is 0 Å². The third-order valence-corrected chi connectivity index (χ3v) is 4.17. The van der Waals surface area contributed by atoms with E-state index in [1.165, 1.54) is 0 Å². The van der Waals surface area contributed by atoms with Crippen molar-refractivity contribution in [2.24, 2.45) is 12.5 Å². The monoisotopic (exact) mass is 303 g/mol. The summed E-state index contributed by atoms with van der Waals surface area (Å²) < 4.78 is 1.59. The van der Waals surface area contributed by atoms with E-state index in [4.69, 9.17) is 0 Å². The van der Waals surface area contributed by atoms with Crippen LogP contribution < -0.4 is 5.56 Å². The van der Waals surface area contributed by atoms with Crippen LogP contribution in [0.2, 0.25) is 0 Å². The van der Waals surface area contributed by atoms with Gasteiger partial charge in [0.25, 0.3) is 5.56 Å². The third-order valence-electron chi connectivity index (χ3n) is 4.17. The van der Waals surface area contributed by atoms with E-state index in [9.17, 15) is 9.90 Å². The molecular weight excluding hydrogens is 278 g/mol. The van der Waals surface area contributed by atoms with Crippen molar-refractivity contribution in [3.63, 3.8) is 0 Å². The van der Waals surface area contributed by atoms with Crippen LogP contribution in [-0.4, -0.2) is 39.3 Å². The van der Waals surface area contributed by atoms with Crippen molar-refractivity contribution >= 4 is 10.9 Å². The Morgan fingerprint density at radius 1 is 1.32 bits per heavy atom. The van der Waals surface area contributed by atoms with Crippen molar-refractivity contribution < 1.29 is 5.11 Å². The number of likely N-dealkylation sites (N-methyl/N-ethyl adjacent to an activating group) is 1. The molecule has 1 aromatic carbocycles. The summed E-state index contributed by atoms with van der Waals surface area (Å²) in [5.74, 6) is 0.703. The van der Waals surface area contributed by atoms with E-state index < -0.39 is 0 Å². The topological polar surface area (TPSA) is 58.4 Å². The molecule has 0 saturated heterocycles. The summed E-state index contributed by atoms with van der Waals surface area (Å²) in [4.78, 5) is 19.1. The first-order valence-corrected chi connectivity index (χ1v) is 7.51. The zero-order chi connectivity index (χ0) is 16.5. The van der Waals surface area contributed by atoms with Crippen LogP contribution in [0.4, 0.5) is 0 Å². The Morgan fingerprint density at radius 3 is 2.55 bits per heavy atom. The molecule has 22 heavy (non-hydrogen) atoms. The predicted octanol–water partition coefficient (Wildman–Crippen LogP) is 1.77. The minimum atomic E-state index is -0.0563. The Kier molecular flexibility index (Phi) is 4.68. The van der Waals surface area contributed by atoms with Crippen molar-refractivity contribution in [3.05, 3.63) is 40.4 Å². The van der Waals surface area contributed by atoms with E-state index >= 15 is 0 Å². The van der Waals surface area contributed by atoms with Gasteiger partial charge in [-0.25, -0.2) is 4.98 Å². The summed E-state index contributed by atoms with van der Waals surface area (Å²) in [7, 11) is 3.70. The van der Waals surface area contributed by atoms with Crippen LogP contribution in [0.5, 0.6) is 0 Å². The molecular formula is C17H25N3O2. The van der Waals surface area contributed by atoms with E-state index in [-0.39, 0.29) is 23.6 Å². The third kappa shape index (κ3) is 3.20. The predicted molar refractivity (Wildman–Crippen MR) is 88.8 cm³/mol. The number of aliphatic hydroxyl groups excluding tert-OH is 1. The maximum atomic E-state index is 12.4. The highest BCUT2D eigenvalue weighted by molar-refractivity contribution is 5.77. The number of benzene rings is 1. The number of hydrogen-bond acceptors (Lipinski definition) is 4. The lowest BCUT2D eigenvalue weighted by atomic mass is 9.86. The van der Waals surface area contributed by atoms with Crippen molar-refractivity contribution in [2.75, 3.05) is 13.7 Å². The fourth-order valence-corrected chi connectivity index (χ4v) is 2.81. The van der Waals surface area contributed by atoms with Crippen LogP contribution in [0.25, 0.3) is 10.9 Å². The van der Waals surface area contributed by atoms with Gasteiger partial charge in [-0.15, -0.1) is 0 Å². The largest absolute Gasteiger partial charge is 0.395 e. The van der Waals surface area contributed by atoms with E-state index in [1.807, 2.05) is 25.2 Å². The Bertz CT molecular complexity index is 716. The Morgan fingerprint density at radius 2 is 1.95 bits per heavy atom. The summed E-state index contributed by atoms with van der Waals surface area (Å²) >= 11 is 0. The number of para-hydroxylation sites is 1. The molecule has 0 aliphatic rings. The highest BCUT2D eigenvalue weighted by atomic mass is 16.3. The van der Waals surface area contributed by atoms with Crippen LogP contribution in [0.15, 0.2) is 29.1 Å². The number of rotatable bonds is 4. The van der Waals surface area contributed by atoms with Crippen LogP contribution in [0.3, 0.4) is 0 Å². The van der Waals surface area contributed by atoms with Gasteiger partial charge < -0.3 is 5.11 Å². The molecule has 0 bridgehead atoms. The lowest BCUT2D eigenvalue weighted by Crippen LogP contribution is -2.44. The normalized spacial score (nSPS) is 13.8. The van der Waals surface area contributed by atoms with E-state index in [0.717, 1.165) is 0 Å². The molecule has 0 aliphatic carbocycles. The van der Waals surface area contributed by atoms with Crippen molar-refractivity contribution in [1.82, 2.24) is 14.5 Å². The molecule has 1 aromatic heterocycles. The van der Waals surface area contributed by atoms with Gasteiger partial charge in [-0.05, 0) is 24.6 Å². The number of fused-ring (bicyclic) bond motifs is 1. The molecule has 0 radical (unpaired) electrons. The smallest absolute Gasteiger partial charge is 0.261 e. The Labute approximate surface area is 131 Å². The van der Waals surface area contributed by atoms with Crippen molar-refractivity contribution in [2.45, 2.75) is 33.4 Å². The lowest BCUT2D eigenvalue weighted by molar-refractivity contribution is 0.0591. The van der Waals surface area contributed by atoms with Gasteiger partial charge in [0.15, 0.2) is 0 Å². The molecule has 120 valence electrons. The first-order valence-electron chi connectivity index (χ1n) is 7.51. The summed E-state index contributed by atoms with van der Waals surface area (Å²) in [6.07, 6.45) is 0. The number of nitrogens with zero attached hydrogens (tertiary/aromatic N) is 3. The summed E-state index contributed by atoms with van der Waals surface area (Å²) in [5.41, 5.74) is 0.620. The Hall–Kier alpha value is -1.72. The maximum absolute atomic E-state index is 12.4. The first-order chi connectivity index (χ1) is 10.3. The summed E-state index contributed by atoms with van der Waals surface area (Å²) in [6, 6.07) is 7.38. The highest BCUT2D eigenvalue weighted by Crippen LogP contribution is 2.24. The van der Waals surface area contributed by atoms with Gasteiger partial charge in [0.05, 0.1) is 24.1 Å². The zero-order valence-electron chi connectivity index (χ0n) is 14.0. The molecule has 5 heteroatoms. The average molecular weight is 303 g/mol. The molecule has 0 spiro atoms. The van der Waals surface area contributed by atoms with Gasteiger partial charge in [-0.2, -0.15) is 0 Å². The van der Waals surface area contributed by atoms with E-state index in [2.05, 4.69) is 30.7 Å². The van der Waals surface area contributed by atoms with Crippen LogP contribution in [-0.2, 0) is 13.6 Å². The molecule has 1 unspecified atom stereocenters. The first kappa shape index (κ1) is 16.6. The van der Waals surface area contributed by atoms with Crippen molar-refractivity contribution in [3.8, 4) is 0 Å². The standard InChI is InChI=1S/C17H25N3O2/c1-17(2,3)14(11-21)19(4)10-15-18-13-9-7-6-8-12(13)16(22)20(15)5/h6-9,14,21H,10-11H2,1-5H3. The fraction of sp³-hybridized carbons (Fsp3) is 0.529. The molecule has 1 atom stereocenters. The minimum Gasteiger partial charge on any atom is -0.395 e. The lowest BCUT2D eigenvalue weighted by Gasteiger charge is -2.36. The molecule has 2 rings (SSSR count). The average Bonchev–Trinajstić information content (AvgIpc) is 2.43. The SMILES string of the molecule is CN(Cc1nc2ccccc2c(=O)n1C)C(CO)C(C)(C)C. The fourth-order valence-electron chi connectivity index (χ4n) is 2.81. The van der Waals surface area contributed by atoms with Gasteiger partial charge in [-0.3, -0.25) is 14.3 Å². The quantitative estimate of drug-likeness (QED) is 0.935. The maximum Gasteiger partial charge on any atom is 0.261 e. The molecule has 0 fully saturated rings. The second-order valence-corrected chi connectivity index (χ2v) is 6.89. The van der Waals surface area contributed by atoms with Gasteiger partial charge in [0.2, 0.25) is 0 Å². The number of hydrogen-bond donors (Lipinski definition) is 1. The second-order valence-electron chi connectivity index (χ2n) is 6.89. The van der Waals surface area contributed by atoms with Crippen LogP contribution in [0.1, 0.15) is 26.6 Å². The molecule has 2 aromatic rings. The highest BCUT2D eigenvalue weighted by Gasteiger charge is 2.28. The number of aliphatic hydroxyl groups is 1. The number of aromatic nitrogens is 2. The molecule has 0 amide bonds. The molecule has 5 nitrogen and oxygen atoms in total. The van der Waals surface area contributed by atoms with Gasteiger partial charge in [0.1, 0.15) is 5.82 Å². The minimum absolute atomic E-state index is 0.00382. The van der Waals surface area contributed by atoms with Gasteiger partial charge >= 0.3 is 0 Å². The van der Waals surface area contributed by atoms with E-state index in [1.54, 1.807) is 17.7 Å².